The van der Waals surface area contributed by atoms with Crippen molar-refractivity contribution in [1.82, 2.24) is 4.90 Å². The normalized spacial score (nSPS) is 17.4. The molecule has 0 amide bonds. The summed E-state index contributed by atoms with van der Waals surface area (Å²) in [5, 5.41) is 0. The summed E-state index contributed by atoms with van der Waals surface area (Å²) in [4.78, 5) is 15.4. The zero-order valence-electron chi connectivity index (χ0n) is 13.4. The van der Waals surface area contributed by atoms with Gasteiger partial charge in [-0.1, -0.05) is 38.4 Å². The number of hydrogen-bond acceptors (Lipinski definition) is 3. The molecule has 1 aliphatic heterocycles. The molecule has 0 aliphatic carbocycles. The molecule has 0 N–H and O–H groups in total. The lowest BCUT2D eigenvalue weighted by Crippen LogP contribution is -2.38. The van der Waals surface area contributed by atoms with Crippen molar-refractivity contribution >= 4 is 23.2 Å². The molecule has 1 aliphatic rings. The van der Waals surface area contributed by atoms with Gasteiger partial charge < -0.3 is 9.64 Å². The van der Waals surface area contributed by atoms with Crippen LogP contribution in [-0.4, -0.2) is 34.0 Å². The molecule has 1 rings (SSSR count). The van der Waals surface area contributed by atoms with Gasteiger partial charge in [-0.3, -0.25) is 4.79 Å². The Bertz CT molecular complexity index is 336. The lowest BCUT2D eigenvalue weighted by atomic mass is 10.0. The lowest BCUT2D eigenvalue weighted by Gasteiger charge is -2.30. The van der Waals surface area contributed by atoms with Crippen molar-refractivity contribution in [2.75, 3.05) is 6.54 Å². The number of likely N-dealkylation sites (tertiary alicyclic amines) is 1. The van der Waals surface area contributed by atoms with E-state index in [0.29, 0.717) is 6.42 Å². The minimum absolute atomic E-state index is 0.103. The second-order valence-electron chi connectivity index (χ2n) is 6.63. The number of rotatable bonds is 7. The average Bonchev–Trinajstić information content (AvgIpc) is 2.72. The minimum atomic E-state index is -0.406. The molecule has 0 aromatic carbocycles. The Morgan fingerprint density at radius 3 is 2.60 bits per heavy atom. The van der Waals surface area contributed by atoms with Crippen molar-refractivity contribution in [1.29, 1.82) is 0 Å². The van der Waals surface area contributed by atoms with E-state index in [1.807, 2.05) is 20.8 Å². The van der Waals surface area contributed by atoms with Gasteiger partial charge in [-0.15, -0.1) is 0 Å². The van der Waals surface area contributed by atoms with Gasteiger partial charge in [-0.25, -0.2) is 0 Å². The average molecular weight is 299 g/mol. The van der Waals surface area contributed by atoms with Crippen LogP contribution in [0.3, 0.4) is 0 Å². The molecule has 3 nitrogen and oxygen atoms in total. The number of nitrogens with zero attached hydrogens (tertiary/aromatic N) is 1. The highest BCUT2D eigenvalue weighted by atomic mass is 32.1. The Kier molecular flexibility index (Phi) is 6.93. The predicted molar refractivity (Wildman–Crippen MR) is 86.9 cm³/mol. The molecule has 0 unspecified atom stereocenters. The fourth-order valence-corrected chi connectivity index (χ4v) is 3.01. The molecule has 0 aromatic rings. The summed E-state index contributed by atoms with van der Waals surface area (Å²) in [6.07, 6.45) is 7.18. The maximum absolute atomic E-state index is 12.1. The molecule has 0 saturated carbocycles. The van der Waals surface area contributed by atoms with E-state index in [9.17, 15) is 4.79 Å². The fraction of sp³-hybridized carbons (Fsp3) is 0.875. The topological polar surface area (TPSA) is 29.5 Å². The third kappa shape index (κ3) is 6.21. The van der Waals surface area contributed by atoms with Crippen LogP contribution in [0.25, 0.3) is 0 Å². The van der Waals surface area contributed by atoms with Crippen molar-refractivity contribution in [2.45, 2.75) is 84.3 Å². The first kappa shape index (κ1) is 17.4. The maximum Gasteiger partial charge on any atom is 0.308 e. The molecule has 0 spiro atoms. The largest absolute Gasteiger partial charge is 0.460 e. The molecule has 0 bridgehead atoms. The smallest absolute Gasteiger partial charge is 0.308 e. The minimum Gasteiger partial charge on any atom is -0.460 e. The summed E-state index contributed by atoms with van der Waals surface area (Å²) in [5.41, 5.74) is -0.406. The number of esters is 1. The van der Waals surface area contributed by atoms with Gasteiger partial charge in [-0.05, 0) is 40.0 Å². The van der Waals surface area contributed by atoms with Gasteiger partial charge in [0, 0.05) is 12.6 Å². The van der Waals surface area contributed by atoms with E-state index in [1.54, 1.807) is 0 Å². The summed E-state index contributed by atoms with van der Waals surface area (Å²) in [7, 11) is 0. The third-order valence-electron chi connectivity index (χ3n) is 3.51. The highest BCUT2D eigenvalue weighted by Crippen LogP contribution is 2.22. The number of ether oxygens (including phenoxy) is 1. The van der Waals surface area contributed by atoms with E-state index in [2.05, 4.69) is 11.8 Å². The zero-order chi connectivity index (χ0) is 15.2. The van der Waals surface area contributed by atoms with Gasteiger partial charge in [0.05, 0.1) is 11.4 Å². The van der Waals surface area contributed by atoms with Crippen LogP contribution in [0.1, 0.15) is 72.6 Å². The number of unbranched alkanes of at least 4 members (excludes halogenated alkanes) is 2. The predicted octanol–water partition coefficient (Wildman–Crippen LogP) is 4.09. The second kappa shape index (κ2) is 7.96. The standard InChI is InChI=1S/C16H29NO2S/c1-5-6-7-9-13(17-11-8-10-14(17)20)12-15(18)19-16(2,3)4/h13H,5-12H2,1-4H3/t13-/m1/s1. The molecule has 0 aromatic heterocycles. The summed E-state index contributed by atoms with van der Waals surface area (Å²) in [6, 6.07) is 0.228. The van der Waals surface area contributed by atoms with Crippen molar-refractivity contribution in [3.63, 3.8) is 0 Å². The number of hydrogen-bond donors (Lipinski definition) is 0. The Labute approximate surface area is 129 Å². The van der Waals surface area contributed by atoms with Crippen LogP contribution in [0.4, 0.5) is 0 Å². The van der Waals surface area contributed by atoms with Crippen LogP contribution in [0.2, 0.25) is 0 Å². The maximum atomic E-state index is 12.1. The molecule has 116 valence electrons. The van der Waals surface area contributed by atoms with Gasteiger partial charge >= 0.3 is 5.97 Å². The summed E-state index contributed by atoms with van der Waals surface area (Å²) < 4.78 is 5.46. The first-order valence-corrected chi connectivity index (χ1v) is 8.25. The van der Waals surface area contributed by atoms with Crippen LogP contribution in [0.5, 0.6) is 0 Å². The number of thiocarbonyl (C=S) groups is 1. The van der Waals surface area contributed by atoms with Gasteiger partial charge in [0.25, 0.3) is 0 Å². The quantitative estimate of drug-likeness (QED) is 0.402. The molecule has 1 atom stereocenters. The summed E-state index contributed by atoms with van der Waals surface area (Å²) >= 11 is 5.43. The van der Waals surface area contributed by atoms with Crippen molar-refractivity contribution < 1.29 is 9.53 Å². The Balaban J connectivity index is 2.57. The molecular formula is C16H29NO2S. The SMILES string of the molecule is CCCCC[C@H](CC(=O)OC(C)(C)C)N1CCCC1=S. The number of carbonyl (C=O) groups is 1. The molecule has 1 saturated heterocycles. The third-order valence-corrected chi connectivity index (χ3v) is 3.95. The fourth-order valence-electron chi connectivity index (χ4n) is 2.63. The lowest BCUT2D eigenvalue weighted by molar-refractivity contribution is -0.156. The Hall–Kier alpha value is -0.640. The highest BCUT2D eigenvalue weighted by Gasteiger charge is 2.28. The second-order valence-corrected chi connectivity index (χ2v) is 7.10. The van der Waals surface area contributed by atoms with Gasteiger partial charge in [-0.2, -0.15) is 0 Å². The van der Waals surface area contributed by atoms with E-state index in [1.165, 1.54) is 12.8 Å². The first-order chi connectivity index (χ1) is 9.33. The van der Waals surface area contributed by atoms with Gasteiger partial charge in [0.1, 0.15) is 5.60 Å². The highest BCUT2D eigenvalue weighted by molar-refractivity contribution is 7.80. The van der Waals surface area contributed by atoms with Crippen LogP contribution in [-0.2, 0) is 9.53 Å². The molecule has 4 heteroatoms. The zero-order valence-corrected chi connectivity index (χ0v) is 14.2. The Morgan fingerprint density at radius 1 is 1.40 bits per heavy atom. The molecule has 0 radical (unpaired) electrons. The van der Waals surface area contributed by atoms with Crippen molar-refractivity contribution in [2.24, 2.45) is 0 Å². The summed E-state index contributed by atoms with van der Waals surface area (Å²) in [5.74, 6) is -0.103. The van der Waals surface area contributed by atoms with Gasteiger partial charge in [0.2, 0.25) is 0 Å². The van der Waals surface area contributed by atoms with E-state index < -0.39 is 5.60 Å². The molecule has 20 heavy (non-hydrogen) atoms. The van der Waals surface area contributed by atoms with Crippen LogP contribution >= 0.6 is 12.2 Å². The number of carbonyl (C=O) groups excluding carboxylic acids is 1. The molecule has 1 fully saturated rings. The van der Waals surface area contributed by atoms with Crippen molar-refractivity contribution in [3.05, 3.63) is 0 Å². The van der Waals surface area contributed by atoms with E-state index in [0.717, 1.165) is 37.2 Å². The first-order valence-electron chi connectivity index (χ1n) is 7.85. The van der Waals surface area contributed by atoms with Crippen LogP contribution in [0, 0.1) is 0 Å². The molecule has 1 heterocycles. The van der Waals surface area contributed by atoms with Crippen LogP contribution in [0.15, 0.2) is 0 Å². The van der Waals surface area contributed by atoms with E-state index in [4.69, 9.17) is 17.0 Å². The Morgan fingerprint density at radius 2 is 2.10 bits per heavy atom. The van der Waals surface area contributed by atoms with Crippen molar-refractivity contribution in [3.8, 4) is 0 Å². The monoisotopic (exact) mass is 299 g/mol. The van der Waals surface area contributed by atoms with E-state index >= 15 is 0 Å². The van der Waals surface area contributed by atoms with E-state index in [-0.39, 0.29) is 12.0 Å². The van der Waals surface area contributed by atoms with Gasteiger partial charge in [0.15, 0.2) is 0 Å². The summed E-state index contributed by atoms with van der Waals surface area (Å²) in [6.45, 7) is 8.94. The molecular weight excluding hydrogens is 270 g/mol. The van der Waals surface area contributed by atoms with Crippen LogP contribution < -0.4 is 0 Å².